The van der Waals surface area contributed by atoms with Gasteiger partial charge in [0.25, 0.3) is 0 Å². The number of hydrogen-bond acceptors (Lipinski definition) is 6. The minimum atomic E-state index is -3.69. The Balaban J connectivity index is 1.55. The van der Waals surface area contributed by atoms with Crippen molar-refractivity contribution < 1.29 is 18.0 Å². The van der Waals surface area contributed by atoms with Gasteiger partial charge in [-0.2, -0.15) is 0 Å². The number of sulfonamides is 1. The van der Waals surface area contributed by atoms with Gasteiger partial charge in [-0.05, 0) is 37.6 Å². The van der Waals surface area contributed by atoms with Gasteiger partial charge < -0.3 is 4.57 Å². The molecule has 3 aromatic rings. The van der Waals surface area contributed by atoms with Gasteiger partial charge in [-0.25, -0.2) is 18.1 Å². The number of para-hydroxylation sites is 1. The van der Waals surface area contributed by atoms with Crippen LogP contribution in [0.15, 0.2) is 58.5 Å². The van der Waals surface area contributed by atoms with Crippen LogP contribution in [0.5, 0.6) is 0 Å². The first kappa shape index (κ1) is 22.9. The molecule has 0 saturated heterocycles. The molecule has 0 aliphatic carbocycles. The van der Waals surface area contributed by atoms with Crippen LogP contribution in [0.3, 0.4) is 0 Å². The number of fused-ring (bicyclic) bond motifs is 1. The van der Waals surface area contributed by atoms with Gasteiger partial charge in [-0.15, -0.1) is 5.10 Å². The van der Waals surface area contributed by atoms with Crippen LogP contribution in [-0.4, -0.2) is 42.6 Å². The predicted molar refractivity (Wildman–Crippen MR) is 120 cm³/mol. The van der Waals surface area contributed by atoms with E-state index in [1.165, 1.54) is 53.9 Å². The Morgan fingerprint density at radius 2 is 1.81 bits per heavy atom. The normalized spacial score (nSPS) is 12.5. The fourth-order valence-corrected chi connectivity index (χ4v) is 5.17. The van der Waals surface area contributed by atoms with Crippen LogP contribution >= 0.6 is 11.3 Å². The maximum atomic E-state index is 12.6. The molecule has 0 radical (unpaired) electrons. The zero-order valence-electron chi connectivity index (χ0n) is 17.5. The molecular formula is C21H24N4O4S2. The molecule has 1 amide bonds. The molecule has 1 aromatic heterocycles. The Hall–Kier alpha value is -2.82. The van der Waals surface area contributed by atoms with E-state index in [9.17, 15) is 18.0 Å². The third-order valence-electron chi connectivity index (χ3n) is 4.84. The summed E-state index contributed by atoms with van der Waals surface area (Å²) in [7, 11) is -0.342. The van der Waals surface area contributed by atoms with Crippen molar-refractivity contribution in [2.24, 2.45) is 12.1 Å². The van der Waals surface area contributed by atoms with Gasteiger partial charge >= 0.3 is 0 Å². The molecule has 0 fully saturated rings. The van der Waals surface area contributed by atoms with Gasteiger partial charge in [0.05, 0.1) is 15.1 Å². The summed E-state index contributed by atoms with van der Waals surface area (Å²) in [5.41, 5.74) is 4.02. The largest absolute Gasteiger partial charge is 0.318 e. The zero-order valence-corrected chi connectivity index (χ0v) is 19.2. The molecule has 1 heterocycles. The summed E-state index contributed by atoms with van der Waals surface area (Å²) in [6.45, 7) is 1.61. The number of Topliss-reactive ketones (excluding diaryl/α,β-unsaturated/α-hetero) is 1. The topological polar surface area (TPSA) is 101 Å². The average Bonchev–Trinajstić information content (AvgIpc) is 3.08. The number of nitrogens with zero attached hydrogens (tertiary/aromatic N) is 3. The van der Waals surface area contributed by atoms with Crippen molar-refractivity contribution in [3.63, 3.8) is 0 Å². The third-order valence-corrected chi connectivity index (χ3v) is 7.82. The van der Waals surface area contributed by atoms with E-state index in [2.05, 4.69) is 10.5 Å². The number of amides is 1. The van der Waals surface area contributed by atoms with E-state index in [0.29, 0.717) is 16.8 Å². The average molecular weight is 461 g/mol. The second-order valence-corrected chi connectivity index (χ2v) is 10.1. The first-order valence-corrected chi connectivity index (χ1v) is 11.9. The van der Waals surface area contributed by atoms with Crippen LogP contribution < -0.4 is 10.2 Å². The summed E-state index contributed by atoms with van der Waals surface area (Å²) in [5.74, 6) is -0.410. The van der Waals surface area contributed by atoms with Crippen molar-refractivity contribution in [2.45, 2.75) is 24.7 Å². The summed E-state index contributed by atoms with van der Waals surface area (Å²) in [6.07, 6.45) is 0.488. The standard InChI is InChI=1S/C21H24N4O4S2/c1-15(26)16-10-12-17(13-11-16)31(28,29)24(2)14-6-9-20(27)22-23-21-25(3)18-7-4-5-8-19(18)30-21/h4-5,7-8,10-13H,6,9,14H2,1-3H3,(H,22,27)/b23-21-. The van der Waals surface area contributed by atoms with Gasteiger partial charge in [0.15, 0.2) is 5.78 Å². The minimum Gasteiger partial charge on any atom is -0.318 e. The maximum Gasteiger partial charge on any atom is 0.242 e. The quantitative estimate of drug-likeness (QED) is 0.412. The fourth-order valence-electron chi connectivity index (χ4n) is 2.98. The molecule has 1 N–H and O–H groups in total. The molecule has 8 nitrogen and oxygen atoms in total. The third kappa shape index (κ3) is 5.27. The Kier molecular flexibility index (Phi) is 7.04. The van der Waals surface area contributed by atoms with Crippen molar-refractivity contribution >= 4 is 43.3 Å². The number of ketones is 1. The molecule has 31 heavy (non-hydrogen) atoms. The smallest absolute Gasteiger partial charge is 0.242 e. The van der Waals surface area contributed by atoms with E-state index in [1.807, 2.05) is 35.9 Å². The summed E-state index contributed by atoms with van der Waals surface area (Å²) >= 11 is 1.47. The van der Waals surface area contributed by atoms with E-state index in [0.717, 1.165) is 10.2 Å². The minimum absolute atomic E-state index is 0.108. The van der Waals surface area contributed by atoms with Crippen LogP contribution in [-0.2, 0) is 21.9 Å². The van der Waals surface area contributed by atoms with Crippen molar-refractivity contribution in [1.82, 2.24) is 14.3 Å². The van der Waals surface area contributed by atoms with Crippen LogP contribution in [0.2, 0.25) is 0 Å². The number of aromatic nitrogens is 1. The number of carbonyl (C=O) groups excluding carboxylic acids is 2. The molecule has 0 spiro atoms. The van der Waals surface area contributed by atoms with Crippen LogP contribution in [0.25, 0.3) is 10.2 Å². The van der Waals surface area contributed by atoms with E-state index in [1.54, 1.807) is 0 Å². The predicted octanol–water partition coefficient (Wildman–Crippen LogP) is 2.48. The van der Waals surface area contributed by atoms with E-state index in [4.69, 9.17) is 0 Å². The van der Waals surface area contributed by atoms with Crippen LogP contribution in [0, 0.1) is 0 Å². The summed E-state index contributed by atoms with van der Waals surface area (Å²) in [6, 6.07) is 13.7. The van der Waals surface area contributed by atoms with Gasteiger partial charge in [0, 0.05) is 32.6 Å². The number of carbonyl (C=O) groups is 2. The number of rotatable bonds is 8. The summed E-state index contributed by atoms with van der Waals surface area (Å²) < 4.78 is 29.5. The molecule has 0 aliphatic rings. The molecule has 10 heteroatoms. The van der Waals surface area contributed by atoms with E-state index < -0.39 is 10.0 Å². The molecule has 0 unspecified atom stereocenters. The molecular weight excluding hydrogens is 436 g/mol. The highest BCUT2D eigenvalue weighted by atomic mass is 32.2. The lowest BCUT2D eigenvalue weighted by molar-refractivity contribution is -0.121. The highest BCUT2D eigenvalue weighted by Crippen LogP contribution is 2.16. The number of benzene rings is 2. The highest BCUT2D eigenvalue weighted by molar-refractivity contribution is 7.89. The van der Waals surface area contributed by atoms with Crippen molar-refractivity contribution in [3.8, 4) is 0 Å². The van der Waals surface area contributed by atoms with Gasteiger partial charge in [-0.3, -0.25) is 9.59 Å². The molecule has 0 saturated carbocycles. The first-order chi connectivity index (χ1) is 14.7. The molecule has 2 aromatic carbocycles. The molecule has 0 atom stereocenters. The fraction of sp³-hybridized carbons (Fsp3) is 0.286. The monoisotopic (exact) mass is 460 g/mol. The van der Waals surface area contributed by atoms with E-state index >= 15 is 0 Å². The summed E-state index contributed by atoms with van der Waals surface area (Å²) in [4.78, 5) is 24.3. The SMILES string of the molecule is CC(=O)c1ccc(S(=O)(=O)N(C)CCCC(=O)N/N=c2\sc3ccccc3n2C)cc1. The first-order valence-electron chi connectivity index (χ1n) is 9.64. The van der Waals surface area contributed by atoms with Gasteiger partial charge in [0.2, 0.25) is 20.7 Å². The Labute approximate surface area is 184 Å². The van der Waals surface area contributed by atoms with Crippen molar-refractivity contribution in [1.29, 1.82) is 0 Å². The van der Waals surface area contributed by atoms with E-state index in [-0.39, 0.29) is 29.6 Å². The maximum absolute atomic E-state index is 12.6. The summed E-state index contributed by atoms with van der Waals surface area (Å²) in [5, 5.41) is 4.18. The number of nitrogens with one attached hydrogen (secondary N) is 1. The lowest BCUT2D eigenvalue weighted by atomic mass is 10.2. The number of hydrogen-bond donors (Lipinski definition) is 1. The molecule has 0 aliphatic heterocycles. The zero-order chi connectivity index (χ0) is 22.6. The Bertz CT molecular complexity index is 1270. The highest BCUT2D eigenvalue weighted by Gasteiger charge is 2.20. The lowest BCUT2D eigenvalue weighted by Gasteiger charge is -2.17. The van der Waals surface area contributed by atoms with Gasteiger partial charge in [-0.1, -0.05) is 35.6 Å². The second kappa shape index (κ2) is 9.54. The second-order valence-electron chi connectivity index (χ2n) is 7.07. The molecule has 164 valence electrons. The van der Waals surface area contributed by atoms with Gasteiger partial charge in [0.1, 0.15) is 0 Å². The number of thiazole rings is 1. The van der Waals surface area contributed by atoms with Crippen LogP contribution in [0.1, 0.15) is 30.1 Å². The van der Waals surface area contributed by atoms with Crippen LogP contribution in [0.4, 0.5) is 0 Å². The number of aryl methyl sites for hydroxylation is 1. The Morgan fingerprint density at radius 3 is 2.45 bits per heavy atom. The Morgan fingerprint density at radius 1 is 1.13 bits per heavy atom. The molecule has 3 rings (SSSR count). The molecule has 0 bridgehead atoms. The lowest BCUT2D eigenvalue weighted by Crippen LogP contribution is -2.29. The van der Waals surface area contributed by atoms with Crippen molar-refractivity contribution in [3.05, 3.63) is 58.9 Å². The van der Waals surface area contributed by atoms with Crippen molar-refractivity contribution in [2.75, 3.05) is 13.6 Å².